The van der Waals surface area contributed by atoms with Crippen LogP contribution in [0.1, 0.15) is 226 Å². The second-order valence-electron chi connectivity index (χ2n) is 27.9. The van der Waals surface area contributed by atoms with Crippen LogP contribution in [0.4, 0.5) is 28.4 Å². The van der Waals surface area contributed by atoms with Gasteiger partial charge in [-0.25, -0.2) is 0 Å². The number of benzene rings is 8. The Morgan fingerprint density at radius 2 is 0.655 bits per heavy atom. The number of nitro groups is 3. The van der Waals surface area contributed by atoms with E-state index >= 15 is 0 Å². The number of azo groups is 1. The van der Waals surface area contributed by atoms with Gasteiger partial charge in [0.1, 0.15) is 23.8 Å². The van der Waals surface area contributed by atoms with Gasteiger partial charge in [0.25, 0.3) is 17.1 Å². The number of unbranched alkanes of at least 4 members (excludes halogenated alkanes) is 20. The summed E-state index contributed by atoms with van der Waals surface area (Å²) in [7, 11) is 0. The van der Waals surface area contributed by atoms with Crippen molar-refractivity contribution in [3.05, 3.63) is 157 Å². The van der Waals surface area contributed by atoms with Crippen molar-refractivity contribution in [2.75, 3.05) is 66.1 Å². The van der Waals surface area contributed by atoms with E-state index in [1.54, 1.807) is 0 Å². The number of ether oxygens (including phenoxy) is 9. The molecule has 0 saturated carbocycles. The van der Waals surface area contributed by atoms with E-state index in [9.17, 15) is 35.1 Å². The van der Waals surface area contributed by atoms with E-state index in [0.29, 0.717) is 76.4 Å². The van der Waals surface area contributed by atoms with Gasteiger partial charge in [-0.3, -0.25) is 35.1 Å². The zero-order valence-corrected chi connectivity index (χ0v) is 65.0. The van der Waals surface area contributed by atoms with Crippen molar-refractivity contribution in [2.24, 2.45) is 15.4 Å². The smallest absolute Gasteiger partial charge is 0.309 e. The number of rotatable bonds is 55. The van der Waals surface area contributed by atoms with Crippen LogP contribution in [0.3, 0.4) is 0 Å². The number of fused-ring (bicyclic) bond motifs is 9. The molecule has 0 atom stereocenters. The number of non-ortho nitro benzene ring substituents is 2. The number of nitrogens with zero attached hydrogens (tertiary/aromatic N) is 6. The van der Waals surface area contributed by atoms with E-state index < -0.39 is 32.1 Å². The highest BCUT2D eigenvalue weighted by atomic mass is 16.6. The van der Waals surface area contributed by atoms with Crippen LogP contribution in [0.25, 0.3) is 43.4 Å². The normalized spacial score (nSPS) is 12.0. The molecule has 8 aromatic rings. The number of hydrogen-bond donors (Lipinski definition) is 0. The van der Waals surface area contributed by atoms with Gasteiger partial charge < -0.3 is 47.5 Å². The molecule has 0 unspecified atom stereocenters. The molecule has 0 aliphatic heterocycles. The van der Waals surface area contributed by atoms with Gasteiger partial charge in [0.15, 0.2) is 34.5 Å². The topological polar surface area (TPSA) is 276 Å². The maximum absolute atomic E-state index is 12.5. The Labute approximate surface area is 646 Å². The molecule has 0 saturated heterocycles. The first-order chi connectivity index (χ1) is 53.8. The molecule has 0 bridgehead atoms. The summed E-state index contributed by atoms with van der Waals surface area (Å²) in [6.45, 7) is 15.9. The molecule has 0 spiro atoms. The van der Waals surface area contributed by atoms with E-state index in [-0.39, 0.29) is 53.3 Å². The number of carbonyl (C=O) groups excluding carboxylic acids is 1. The van der Waals surface area contributed by atoms with Crippen molar-refractivity contribution < 1.29 is 67.0 Å². The minimum Gasteiger partial charge on any atom is -0.494 e. The average Bonchev–Trinajstić information content (AvgIpc) is 0.959. The van der Waals surface area contributed by atoms with Gasteiger partial charge in [0.2, 0.25) is 0 Å². The van der Waals surface area contributed by atoms with Crippen LogP contribution in [-0.4, -0.2) is 92.5 Å². The van der Waals surface area contributed by atoms with E-state index in [0.717, 1.165) is 245 Å². The number of nitro benzene ring substituents is 3. The number of carbonyl (C=O) groups is 1. The lowest BCUT2D eigenvalue weighted by Crippen LogP contribution is -2.09. The molecule has 1 aliphatic rings. The van der Waals surface area contributed by atoms with Crippen molar-refractivity contribution in [1.29, 1.82) is 0 Å². The van der Waals surface area contributed by atoms with Gasteiger partial charge in [-0.15, -0.1) is 0 Å². The minimum atomic E-state index is -0.784. The monoisotopic (exact) mass is 1510 g/mol. The van der Waals surface area contributed by atoms with Gasteiger partial charge in [-0.1, -0.05) is 143 Å². The molecule has 0 amide bonds. The Kier molecular flexibility index (Phi) is 34.7. The van der Waals surface area contributed by atoms with Gasteiger partial charge >= 0.3 is 5.97 Å². The van der Waals surface area contributed by atoms with Gasteiger partial charge in [0.05, 0.1) is 104 Å². The Bertz CT molecular complexity index is 4290. The quantitative estimate of drug-likeness (QED) is 0.00855. The summed E-state index contributed by atoms with van der Waals surface area (Å²) in [6.07, 6.45) is 27.6. The second-order valence-corrected chi connectivity index (χ2v) is 27.9. The largest absolute Gasteiger partial charge is 0.494 e. The van der Waals surface area contributed by atoms with Crippen LogP contribution in [0, 0.1) is 30.3 Å². The number of oxime groups is 1. The molecule has 590 valence electrons. The zero-order chi connectivity index (χ0) is 77.7. The molecule has 8 aromatic carbocycles. The van der Waals surface area contributed by atoms with Crippen molar-refractivity contribution in [1.82, 2.24) is 0 Å². The lowest BCUT2D eigenvalue weighted by molar-refractivity contribution is -0.393. The standard InChI is InChI=1S/C87H110N6O17/c1-6-11-24-46-103-79-57-70-71-58-80(104-47-25-12-7-2)82(106-49-27-14-9-4)60-73(71)75-62-84(83(107-50-28-15-10-5)61-74(75)72(70)59-81(79)105-48-26-13-8-3)108-51-31-21-19-17-16-18-20-29-44-101-67-38-33-63(34-39-67)88-89-64-35-40-68(41-36-64)102-45-30-22-23-32-52-109-85(94)43-53-110-90-87-76-54-65(91(95)96)37-42-69(76)86-77(87)55-66(92(97)98)56-78(86)93(99)100/h33-42,54-62H,6-32,43-53H2,1-5H3/b89-88?,90-87+. The molecule has 0 fully saturated rings. The Balaban J connectivity index is 0.674. The summed E-state index contributed by atoms with van der Waals surface area (Å²) in [5, 5.41) is 54.4. The third-order valence-electron chi connectivity index (χ3n) is 19.3. The number of hydrogen-bond acceptors (Lipinski definition) is 20. The highest BCUT2D eigenvalue weighted by molar-refractivity contribution is 6.27. The lowest BCUT2D eigenvalue weighted by Gasteiger charge is -2.21. The second kappa shape index (κ2) is 45.6. The predicted molar refractivity (Wildman–Crippen MR) is 432 cm³/mol. The van der Waals surface area contributed by atoms with Crippen LogP contribution < -0.4 is 37.9 Å². The maximum Gasteiger partial charge on any atom is 0.309 e. The summed E-state index contributed by atoms with van der Waals surface area (Å²) in [4.78, 5) is 50.8. The predicted octanol–water partition coefficient (Wildman–Crippen LogP) is 24.0. The van der Waals surface area contributed by atoms with Crippen LogP contribution >= 0.6 is 0 Å². The summed E-state index contributed by atoms with van der Waals surface area (Å²) in [5.41, 5.74) is 0.248. The van der Waals surface area contributed by atoms with E-state index in [1.807, 2.05) is 48.5 Å². The SMILES string of the molecule is CCCCCOc1cc2c3cc(OCCCCC)c(OCCCCC)cc3c3cc(OCCCCCCCCCCOc4ccc(N=Nc5ccc(OCCCCCCOC(=O)CCO/N=C6\c7cc([N+](=O)[O-])ccc7-c7c6cc([N+](=O)[O-])cc7[N+](=O)[O-])cc5)cc4)c(OCCCCC)cc3c2cc1OCCCCC. The number of esters is 1. The molecule has 0 heterocycles. The lowest BCUT2D eigenvalue weighted by atomic mass is 9.93. The van der Waals surface area contributed by atoms with Crippen molar-refractivity contribution in [2.45, 2.75) is 214 Å². The third kappa shape index (κ3) is 25.1. The minimum absolute atomic E-state index is 0.00156. The van der Waals surface area contributed by atoms with E-state index in [2.05, 4.69) is 86.4 Å². The summed E-state index contributed by atoms with van der Waals surface area (Å²) in [6, 6.07) is 33.8. The van der Waals surface area contributed by atoms with Gasteiger partial charge in [0, 0.05) is 29.3 Å². The van der Waals surface area contributed by atoms with E-state index in [1.165, 1.54) is 25.0 Å². The first-order valence-corrected chi connectivity index (χ1v) is 40.1. The highest BCUT2D eigenvalue weighted by Crippen LogP contribution is 2.49. The molecular weight excluding hydrogens is 1400 g/mol. The molecule has 9 rings (SSSR count). The van der Waals surface area contributed by atoms with Crippen LogP contribution in [-0.2, 0) is 14.4 Å². The molecule has 0 radical (unpaired) electrons. The summed E-state index contributed by atoms with van der Waals surface area (Å²) in [5.74, 6) is 5.56. The Morgan fingerprint density at radius 1 is 0.327 bits per heavy atom. The fraction of sp³-hybridized carbons (Fsp3) is 0.494. The third-order valence-corrected chi connectivity index (χ3v) is 19.3. The Hall–Kier alpha value is -10.3. The average molecular weight is 1510 g/mol. The van der Waals surface area contributed by atoms with Crippen molar-refractivity contribution in [3.8, 4) is 57.1 Å². The molecule has 110 heavy (non-hydrogen) atoms. The van der Waals surface area contributed by atoms with Crippen LogP contribution in [0.2, 0.25) is 0 Å². The fourth-order valence-corrected chi connectivity index (χ4v) is 13.2. The molecule has 23 nitrogen and oxygen atoms in total. The zero-order valence-electron chi connectivity index (χ0n) is 65.0. The molecule has 0 aromatic heterocycles. The van der Waals surface area contributed by atoms with Gasteiger partial charge in [-0.05, 0) is 200 Å². The first-order valence-electron chi connectivity index (χ1n) is 40.1. The molecule has 1 aliphatic carbocycles. The van der Waals surface area contributed by atoms with E-state index in [4.69, 9.17) is 47.5 Å². The highest BCUT2D eigenvalue weighted by Gasteiger charge is 2.37. The van der Waals surface area contributed by atoms with Crippen LogP contribution in [0.15, 0.2) is 131 Å². The maximum atomic E-state index is 12.5. The van der Waals surface area contributed by atoms with Crippen molar-refractivity contribution >= 4 is 72.4 Å². The molecule has 0 N–H and O–H groups in total. The first kappa shape index (κ1) is 83.7. The van der Waals surface area contributed by atoms with Crippen LogP contribution in [0.5, 0.6) is 46.0 Å². The van der Waals surface area contributed by atoms with Gasteiger partial charge in [-0.2, -0.15) is 10.2 Å². The summed E-state index contributed by atoms with van der Waals surface area (Å²) >= 11 is 0. The van der Waals surface area contributed by atoms with Crippen molar-refractivity contribution in [3.63, 3.8) is 0 Å². The Morgan fingerprint density at radius 3 is 1.00 bits per heavy atom. The molecule has 23 heteroatoms. The molecular formula is C87H110N6O17. The fourth-order valence-electron chi connectivity index (χ4n) is 13.2. The summed E-state index contributed by atoms with van der Waals surface area (Å²) < 4.78 is 57.4.